The van der Waals surface area contributed by atoms with Crippen molar-refractivity contribution < 1.29 is 14.3 Å². The third-order valence-corrected chi connectivity index (χ3v) is 3.47. The van der Waals surface area contributed by atoms with Crippen molar-refractivity contribution in [1.29, 1.82) is 0 Å². The van der Waals surface area contributed by atoms with E-state index < -0.39 is 5.97 Å². The van der Waals surface area contributed by atoms with E-state index in [1.54, 1.807) is 6.07 Å². The summed E-state index contributed by atoms with van der Waals surface area (Å²) >= 11 is 0. The molecule has 1 fully saturated rings. The average molecular weight is 252 g/mol. The molecule has 1 aromatic carbocycles. The summed E-state index contributed by atoms with van der Waals surface area (Å²) in [5, 5.41) is 8.98. The molecule has 18 heavy (non-hydrogen) atoms. The lowest BCUT2D eigenvalue weighted by Crippen LogP contribution is -2.33. The van der Waals surface area contributed by atoms with Crippen molar-refractivity contribution >= 4 is 5.97 Å². The molecule has 0 aromatic heterocycles. The Kier molecular flexibility index (Phi) is 3.93. The topological polar surface area (TPSA) is 66.6 Å². The zero-order valence-electron chi connectivity index (χ0n) is 10.1. The first-order valence-electron chi connectivity index (χ1n) is 6.04. The van der Waals surface area contributed by atoms with Gasteiger partial charge in [0.2, 0.25) is 0 Å². The number of carbonyl (C=O) groups is 1. The van der Waals surface area contributed by atoms with Gasteiger partial charge in [0.05, 0.1) is 5.92 Å². The number of benzene rings is 1. The predicted octanol–water partition coefficient (Wildman–Crippen LogP) is 1.23. The molecule has 1 heterocycles. The summed E-state index contributed by atoms with van der Waals surface area (Å²) in [4.78, 5) is 13.0. The third-order valence-electron chi connectivity index (χ3n) is 3.47. The Balaban J connectivity index is 2.13. The maximum absolute atomic E-state index is 13.2. The summed E-state index contributed by atoms with van der Waals surface area (Å²) in [6.07, 6.45) is 0.626. The van der Waals surface area contributed by atoms with E-state index in [1.807, 2.05) is 11.0 Å². The molecule has 0 unspecified atom stereocenters. The van der Waals surface area contributed by atoms with E-state index in [-0.39, 0.29) is 17.8 Å². The van der Waals surface area contributed by atoms with E-state index in [0.717, 1.165) is 5.56 Å². The van der Waals surface area contributed by atoms with Gasteiger partial charge in [-0.05, 0) is 30.7 Å². The molecule has 0 amide bonds. The van der Waals surface area contributed by atoms with E-state index in [9.17, 15) is 9.18 Å². The Morgan fingerprint density at radius 3 is 2.94 bits per heavy atom. The maximum atomic E-state index is 13.2. The van der Waals surface area contributed by atoms with Gasteiger partial charge < -0.3 is 10.8 Å². The van der Waals surface area contributed by atoms with Crippen LogP contribution in [0.4, 0.5) is 4.39 Å². The molecule has 0 saturated carbocycles. The molecular weight excluding hydrogens is 235 g/mol. The summed E-state index contributed by atoms with van der Waals surface area (Å²) in [5.41, 5.74) is 6.55. The summed E-state index contributed by atoms with van der Waals surface area (Å²) in [7, 11) is 0. The number of halogens is 1. The van der Waals surface area contributed by atoms with Crippen molar-refractivity contribution in [3.05, 3.63) is 35.6 Å². The largest absolute Gasteiger partial charge is 0.481 e. The van der Waals surface area contributed by atoms with Gasteiger partial charge in [0.1, 0.15) is 5.82 Å². The molecule has 98 valence electrons. The molecule has 2 atom stereocenters. The van der Waals surface area contributed by atoms with Crippen LogP contribution in [0.1, 0.15) is 18.0 Å². The summed E-state index contributed by atoms with van der Waals surface area (Å²) < 4.78 is 13.2. The molecule has 1 aliphatic heterocycles. The van der Waals surface area contributed by atoms with Crippen molar-refractivity contribution in [3.8, 4) is 0 Å². The molecule has 2 rings (SSSR count). The lowest BCUT2D eigenvalue weighted by molar-refractivity contribution is -0.141. The summed E-state index contributed by atoms with van der Waals surface area (Å²) in [6.45, 7) is 1.53. The minimum Gasteiger partial charge on any atom is -0.481 e. The highest BCUT2D eigenvalue weighted by Gasteiger charge is 2.32. The number of rotatable bonds is 4. The number of hydrogen-bond acceptors (Lipinski definition) is 3. The van der Waals surface area contributed by atoms with E-state index in [2.05, 4.69) is 0 Å². The van der Waals surface area contributed by atoms with Crippen LogP contribution in [0.15, 0.2) is 24.3 Å². The molecule has 0 bridgehead atoms. The maximum Gasteiger partial charge on any atom is 0.307 e. The Bertz CT molecular complexity index is 439. The lowest BCUT2D eigenvalue weighted by Gasteiger charge is -2.26. The highest BCUT2D eigenvalue weighted by atomic mass is 19.1. The first kappa shape index (κ1) is 13.0. The molecule has 1 saturated heterocycles. The van der Waals surface area contributed by atoms with Gasteiger partial charge in [-0.3, -0.25) is 9.69 Å². The number of aliphatic carboxylic acids is 1. The third kappa shape index (κ3) is 2.68. The van der Waals surface area contributed by atoms with Gasteiger partial charge in [0, 0.05) is 19.1 Å². The van der Waals surface area contributed by atoms with Crippen molar-refractivity contribution in [2.45, 2.75) is 12.5 Å². The fourth-order valence-corrected chi connectivity index (χ4v) is 2.48. The molecule has 1 aliphatic rings. The normalized spacial score (nSPS) is 22.0. The molecule has 0 radical (unpaired) electrons. The minimum atomic E-state index is -0.771. The van der Waals surface area contributed by atoms with Crippen LogP contribution in [0.25, 0.3) is 0 Å². The summed E-state index contributed by atoms with van der Waals surface area (Å²) in [5.74, 6) is -1.40. The SMILES string of the molecule is NC[C@H](c1cccc(F)c1)N1CC[C@H](C(=O)O)C1. The van der Waals surface area contributed by atoms with Crippen LogP contribution in [-0.4, -0.2) is 35.6 Å². The van der Waals surface area contributed by atoms with E-state index in [4.69, 9.17) is 10.8 Å². The number of carboxylic acids is 1. The molecule has 1 aromatic rings. The van der Waals surface area contributed by atoms with Gasteiger partial charge in [0.15, 0.2) is 0 Å². The number of hydrogen-bond donors (Lipinski definition) is 2. The Morgan fingerprint density at radius 1 is 1.61 bits per heavy atom. The summed E-state index contributed by atoms with van der Waals surface area (Å²) in [6, 6.07) is 6.23. The molecule has 4 nitrogen and oxygen atoms in total. The van der Waals surface area contributed by atoms with Crippen LogP contribution in [0.3, 0.4) is 0 Å². The molecule has 0 aliphatic carbocycles. The van der Waals surface area contributed by atoms with Gasteiger partial charge in [-0.2, -0.15) is 0 Å². The number of carboxylic acid groups (broad SMARTS) is 1. The van der Waals surface area contributed by atoms with Crippen molar-refractivity contribution in [3.63, 3.8) is 0 Å². The quantitative estimate of drug-likeness (QED) is 0.846. The van der Waals surface area contributed by atoms with E-state index >= 15 is 0 Å². The monoisotopic (exact) mass is 252 g/mol. The lowest BCUT2D eigenvalue weighted by atomic mass is 10.1. The van der Waals surface area contributed by atoms with Crippen LogP contribution in [0, 0.1) is 11.7 Å². The van der Waals surface area contributed by atoms with Gasteiger partial charge in [0.25, 0.3) is 0 Å². The second-order valence-electron chi connectivity index (χ2n) is 4.63. The first-order valence-corrected chi connectivity index (χ1v) is 6.04. The fraction of sp³-hybridized carbons (Fsp3) is 0.462. The minimum absolute atomic E-state index is 0.106. The number of nitrogens with two attached hydrogens (primary N) is 1. The van der Waals surface area contributed by atoms with Gasteiger partial charge in [-0.1, -0.05) is 12.1 Å². The molecule has 3 N–H and O–H groups in total. The highest BCUT2D eigenvalue weighted by molar-refractivity contribution is 5.70. The zero-order valence-corrected chi connectivity index (χ0v) is 10.1. The highest BCUT2D eigenvalue weighted by Crippen LogP contribution is 2.27. The number of nitrogens with zero attached hydrogens (tertiary/aromatic N) is 1. The Hall–Kier alpha value is -1.46. The number of likely N-dealkylation sites (tertiary alicyclic amines) is 1. The fourth-order valence-electron chi connectivity index (χ4n) is 2.48. The Morgan fingerprint density at radius 2 is 2.39 bits per heavy atom. The van der Waals surface area contributed by atoms with Crippen LogP contribution >= 0.6 is 0 Å². The van der Waals surface area contributed by atoms with Crippen molar-refractivity contribution in [2.24, 2.45) is 11.7 Å². The average Bonchev–Trinajstić information content (AvgIpc) is 2.80. The van der Waals surface area contributed by atoms with Crippen LogP contribution in [0.2, 0.25) is 0 Å². The predicted molar refractivity (Wildman–Crippen MR) is 65.5 cm³/mol. The second kappa shape index (κ2) is 5.46. The van der Waals surface area contributed by atoms with Gasteiger partial charge in [-0.15, -0.1) is 0 Å². The zero-order chi connectivity index (χ0) is 13.1. The smallest absolute Gasteiger partial charge is 0.307 e. The van der Waals surface area contributed by atoms with Crippen molar-refractivity contribution in [1.82, 2.24) is 4.90 Å². The van der Waals surface area contributed by atoms with Crippen LogP contribution in [0.5, 0.6) is 0 Å². The van der Waals surface area contributed by atoms with Gasteiger partial charge >= 0.3 is 5.97 Å². The Labute approximate surface area is 105 Å². The molecule has 0 spiro atoms. The van der Waals surface area contributed by atoms with E-state index in [0.29, 0.717) is 26.1 Å². The van der Waals surface area contributed by atoms with Crippen LogP contribution in [-0.2, 0) is 4.79 Å². The molecule has 5 heteroatoms. The second-order valence-corrected chi connectivity index (χ2v) is 4.63. The van der Waals surface area contributed by atoms with E-state index in [1.165, 1.54) is 12.1 Å². The van der Waals surface area contributed by atoms with Gasteiger partial charge in [-0.25, -0.2) is 4.39 Å². The molecular formula is C13H17FN2O2. The van der Waals surface area contributed by atoms with Crippen molar-refractivity contribution in [2.75, 3.05) is 19.6 Å². The first-order chi connectivity index (χ1) is 8.61. The standard InChI is InChI=1S/C13H17FN2O2/c14-11-3-1-2-9(6-11)12(7-15)16-5-4-10(8-16)13(17)18/h1-3,6,10,12H,4-5,7-8,15H2,(H,17,18)/t10-,12+/m0/s1. The van der Waals surface area contributed by atoms with Crippen LogP contribution < -0.4 is 5.73 Å².